The summed E-state index contributed by atoms with van der Waals surface area (Å²) in [7, 11) is -1.94. The minimum Gasteiger partial charge on any atom is -0.497 e. The second-order valence-electron chi connectivity index (χ2n) is 4.72. The molecule has 0 saturated heterocycles. The monoisotopic (exact) mass is 270 g/mol. The Morgan fingerprint density at radius 2 is 1.94 bits per heavy atom. The summed E-state index contributed by atoms with van der Waals surface area (Å²) in [6, 6.07) is 6.28. The second-order valence-corrected chi connectivity index (χ2v) is 6.48. The Kier molecular flexibility index (Phi) is 3.61. The molecule has 1 saturated carbocycles. The van der Waals surface area contributed by atoms with Crippen LogP contribution in [0, 0.1) is 0 Å². The van der Waals surface area contributed by atoms with Crippen molar-refractivity contribution in [2.45, 2.75) is 29.7 Å². The highest BCUT2D eigenvalue weighted by Crippen LogP contribution is 2.28. The van der Waals surface area contributed by atoms with Gasteiger partial charge in [-0.15, -0.1) is 0 Å². The van der Waals surface area contributed by atoms with Gasteiger partial charge in [0, 0.05) is 12.1 Å². The topological polar surface area (TPSA) is 81.4 Å². The van der Waals surface area contributed by atoms with Gasteiger partial charge in [-0.25, -0.2) is 13.1 Å². The van der Waals surface area contributed by atoms with Crippen molar-refractivity contribution in [3.05, 3.63) is 24.3 Å². The number of methoxy groups -OCH3 is 1. The minimum atomic E-state index is -3.48. The summed E-state index contributed by atoms with van der Waals surface area (Å²) >= 11 is 0. The molecular formula is C12H18N2O3S. The summed E-state index contributed by atoms with van der Waals surface area (Å²) < 4.78 is 31.6. The van der Waals surface area contributed by atoms with Gasteiger partial charge >= 0.3 is 0 Å². The van der Waals surface area contributed by atoms with Crippen molar-refractivity contribution < 1.29 is 13.2 Å². The van der Waals surface area contributed by atoms with Crippen molar-refractivity contribution in [3.8, 4) is 5.75 Å². The van der Waals surface area contributed by atoms with E-state index in [2.05, 4.69) is 4.72 Å². The Bertz CT molecular complexity index is 507. The average molecular weight is 270 g/mol. The van der Waals surface area contributed by atoms with Crippen molar-refractivity contribution in [1.82, 2.24) is 4.72 Å². The third kappa shape index (κ3) is 2.82. The molecule has 6 heteroatoms. The van der Waals surface area contributed by atoms with Crippen LogP contribution in [0.15, 0.2) is 29.2 Å². The standard InChI is InChI=1S/C12H18N2O3S/c1-17-10-3-5-11(6-4-10)18(15,16)14-9-12(13)7-2-8-12/h3-6,14H,2,7-9,13H2,1H3. The fourth-order valence-electron chi connectivity index (χ4n) is 1.88. The van der Waals surface area contributed by atoms with E-state index in [0.717, 1.165) is 19.3 Å². The summed E-state index contributed by atoms with van der Waals surface area (Å²) in [5.74, 6) is 0.628. The zero-order valence-electron chi connectivity index (χ0n) is 10.3. The largest absolute Gasteiger partial charge is 0.497 e. The van der Waals surface area contributed by atoms with Crippen molar-refractivity contribution in [2.75, 3.05) is 13.7 Å². The van der Waals surface area contributed by atoms with E-state index in [-0.39, 0.29) is 10.4 Å². The zero-order valence-corrected chi connectivity index (χ0v) is 11.2. The lowest BCUT2D eigenvalue weighted by atomic mass is 9.78. The number of rotatable bonds is 5. The maximum Gasteiger partial charge on any atom is 0.240 e. The molecule has 2 rings (SSSR count). The van der Waals surface area contributed by atoms with Crippen LogP contribution in [0.5, 0.6) is 5.75 Å². The third-order valence-electron chi connectivity index (χ3n) is 3.33. The first kappa shape index (κ1) is 13.3. The van der Waals surface area contributed by atoms with Crippen LogP contribution >= 0.6 is 0 Å². The Balaban J connectivity index is 2.05. The maximum atomic E-state index is 12.0. The molecule has 18 heavy (non-hydrogen) atoms. The molecule has 1 fully saturated rings. The third-order valence-corrected chi connectivity index (χ3v) is 4.75. The van der Waals surface area contributed by atoms with Crippen LogP contribution in [0.1, 0.15) is 19.3 Å². The molecule has 0 atom stereocenters. The molecule has 0 unspecified atom stereocenters. The van der Waals surface area contributed by atoms with E-state index < -0.39 is 10.0 Å². The van der Waals surface area contributed by atoms with Crippen LogP contribution in [0.4, 0.5) is 0 Å². The molecule has 1 aliphatic carbocycles. The molecule has 1 aromatic rings. The van der Waals surface area contributed by atoms with Gasteiger partial charge in [-0.1, -0.05) is 0 Å². The van der Waals surface area contributed by atoms with E-state index in [1.165, 1.54) is 19.2 Å². The highest BCUT2D eigenvalue weighted by Gasteiger charge is 2.33. The van der Waals surface area contributed by atoms with Gasteiger partial charge in [-0.2, -0.15) is 0 Å². The Morgan fingerprint density at radius 1 is 1.33 bits per heavy atom. The van der Waals surface area contributed by atoms with Gasteiger partial charge in [0.05, 0.1) is 12.0 Å². The normalized spacial score (nSPS) is 18.1. The summed E-state index contributed by atoms with van der Waals surface area (Å²) in [5.41, 5.74) is 5.63. The number of ether oxygens (including phenoxy) is 1. The predicted molar refractivity (Wildman–Crippen MR) is 69.0 cm³/mol. The highest BCUT2D eigenvalue weighted by molar-refractivity contribution is 7.89. The van der Waals surface area contributed by atoms with E-state index in [9.17, 15) is 8.42 Å². The van der Waals surface area contributed by atoms with Crippen LogP contribution in [0.2, 0.25) is 0 Å². The molecule has 100 valence electrons. The number of nitrogens with two attached hydrogens (primary N) is 1. The highest BCUT2D eigenvalue weighted by atomic mass is 32.2. The second kappa shape index (κ2) is 4.87. The number of hydrogen-bond acceptors (Lipinski definition) is 4. The predicted octanol–water partition coefficient (Wildman–Crippen LogP) is 0.855. The summed E-state index contributed by atoms with van der Waals surface area (Å²) in [6.07, 6.45) is 2.82. The van der Waals surface area contributed by atoms with E-state index in [0.29, 0.717) is 12.3 Å². The molecule has 3 N–H and O–H groups in total. The summed E-state index contributed by atoms with van der Waals surface area (Å²) in [4.78, 5) is 0.228. The van der Waals surface area contributed by atoms with Crippen molar-refractivity contribution in [2.24, 2.45) is 5.73 Å². The molecule has 0 aromatic heterocycles. The Morgan fingerprint density at radius 3 is 2.39 bits per heavy atom. The lowest BCUT2D eigenvalue weighted by Gasteiger charge is -2.37. The molecule has 0 amide bonds. The molecule has 0 bridgehead atoms. The van der Waals surface area contributed by atoms with Crippen LogP contribution in [0.25, 0.3) is 0 Å². The van der Waals surface area contributed by atoms with Gasteiger partial charge in [0.25, 0.3) is 0 Å². The first-order chi connectivity index (χ1) is 8.45. The molecule has 1 aromatic carbocycles. The number of nitrogens with one attached hydrogen (secondary N) is 1. The molecule has 0 spiro atoms. The van der Waals surface area contributed by atoms with E-state index in [4.69, 9.17) is 10.5 Å². The molecule has 0 heterocycles. The van der Waals surface area contributed by atoms with E-state index in [1.807, 2.05) is 0 Å². The van der Waals surface area contributed by atoms with E-state index in [1.54, 1.807) is 12.1 Å². The lowest BCUT2D eigenvalue weighted by Crippen LogP contribution is -2.54. The summed E-state index contributed by atoms with van der Waals surface area (Å²) in [5, 5.41) is 0. The van der Waals surface area contributed by atoms with Gasteiger partial charge in [0.15, 0.2) is 0 Å². The van der Waals surface area contributed by atoms with E-state index >= 15 is 0 Å². The van der Waals surface area contributed by atoms with Crippen LogP contribution in [-0.4, -0.2) is 27.6 Å². The fourth-order valence-corrected chi connectivity index (χ4v) is 3.02. The molecule has 5 nitrogen and oxygen atoms in total. The number of sulfonamides is 1. The zero-order chi connectivity index (χ0) is 13.2. The molecular weight excluding hydrogens is 252 g/mol. The Labute approximate surface area is 107 Å². The van der Waals surface area contributed by atoms with Gasteiger partial charge in [-0.3, -0.25) is 0 Å². The summed E-state index contributed by atoms with van der Waals surface area (Å²) in [6.45, 7) is 0.293. The Hall–Kier alpha value is -1.11. The first-order valence-electron chi connectivity index (χ1n) is 5.88. The smallest absolute Gasteiger partial charge is 0.240 e. The quantitative estimate of drug-likeness (QED) is 0.831. The van der Waals surface area contributed by atoms with Crippen molar-refractivity contribution >= 4 is 10.0 Å². The van der Waals surface area contributed by atoms with Crippen molar-refractivity contribution in [1.29, 1.82) is 0 Å². The molecule has 0 aliphatic heterocycles. The molecule has 1 aliphatic rings. The van der Waals surface area contributed by atoms with Gasteiger partial charge in [0.1, 0.15) is 5.75 Å². The fraction of sp³-hybridized carbons (Fsp3) is 0.500. The number of benzene rings is 1. The van der Waals surface area contributed by atoms with Crippen molar-refractivity contribution in [3.63, 3.8) is 0 Å². The SMILES string of the molecule is COc1ccc(S(=O)(=O)NCC2(N)CCC2)cc1. The van der Waals surface area contributed by atoms with Crippen LogP contribution < -0.4 is 15.2 Å². The first-order valence-corrected chi connectivity index (χ1v) is 7.36. The van der Waals surface area contributed by atoms with Gasteiger partial charge in [0.2, 0.25) is 10.0 Å². The van der Waals surface area contributed by atoms with Gasteiger partial charge < -0.3 is 10.5 Å². The maximum absolute atomic E-state index is 12.0. The minimum absolute atomic E-state index is 0.228. The van der Waals surface area contributed by atoms with Crippen LogP contribution in [-0.2, 0) is 10.0 Å². The average Bonchev–Trinajstić information content (AvgIpc) is 2.34. The molecule has 0 radical (unpaired) electrons. The van der Waals surface area contributed by atoms with Gasteiger partial charge in [-0.05, 0) is 43.5 Å². The number of hydrogen-bond donors (Lipinski definition) is 2. The lowest BCUT2D eigenvalue weighted by molar-refractivity contribution is 0.251. The van der Waals surface area contributed by atoms with Crippen LogP contribution in [0.3, 0.4) is 0 Å².